The molecule has 0 fully saturated rings. The van der Waals surface area contributed by atoms with E-state index in [2.05, 4.69) is 130 Å². The standard InChI is InChI=1S/C11H14N2.C10H15N.C9H12ClN.2C9H12FN.C8H12N2.2CH4/c1-9(2)13-8-11-5-3-10(7-12)4-6-11;1-8(2)11-10-6-4-9(3)5-7-10;2*1-7(2)11-9-5-3-8(10)4-6-9;1-7(2)11-9-6-4-3-5-8(9)10;1-7(2)10-8-5-3-4-6-9-8;;/h3-6,9,13H,8H2,1-2H3;4-8,11H,1-3H3;3*3-7,11H,1-2H3;3-7H,1-2H3,(H,9,10);2*1H4. The summed E-state index contributed by atoms with van der Waals surface area (Å²) >= 11 is 5.72. The van der Waals surface area contributed by atoms with Crippen molar-refractivity contribution in [2.24, 2.45) is 0 Å². The van der Waals surface area contributed by atoms with Crippen LogP contribution in [0, 0.1) is 29.9 Å². The largest absolute Gasteiger partial charge is 0.383 e. The summed E-state index contributed by atoms with van der Waals surface area (Å²) in [6, 6.07) is 47.4. The zero-order valence-corrected chi connectivity index (χ0v) is 42.8. The first-order chi connectivity index (χ1) is 31.8. The van der Waals surface area contributed by atoms with E-state index in [0.29, 0.717) is 41.5 Å². The van der Waals surface area contributed by atoms with Gasteiger partial charge in [0.15, 0.2) is 0 Å². The summed E-state index contributed by atoms with van der Waals surface area (Å²) in [6.45, 7) is 27.9. The van der Waals surface area contributed by atoms with Gasteiger partial charge in [-0.05, 0) is 179 Å². The van der Waals surface area contributed by atoms with E-state index in [1.807, 2.05) is 100 Å². The molecule has 6 rings (SSSR count). The van der Waals surface area contributed by atoms with Crippen molar-refractivity contribution in [1.29, 1.82) is 5.26 Å². The van der Waals surface area contributed by atoms with Gasteiger partial charge >= 0.3 is 0 Å². The first-order valence-electron chi connectivity index (χ1n) is 23.0. The molecule has 1 heterocycles. The van der Waals surface area contributed by atoms with Gasteiger partial charge in [0.25, 0.3) is 0 Å². The third-order valence-corrected chi connectivity index (χ3v) is 8.57. The van der Waals surface area contributed by atoms with Crippen molar-refractivity contribution in [3.63, 3.8) is 0 Å². The van der Waals surface area contributed by atoms with E-state index in [4.69, 9.17) is 16.9 Å². The highest BCUT2D eigenvalue weighted by Gasteiger charge is 2.01. The molecule has 11 heteroatoms. The number of halogens is 3. The van der Waals surface area contributed by atoms with Crippen molar-refractivity contribution in [1.82, 2.24) is 10.3 Å². The molecule has 5 aromatic carbocycles. The van der Waals surface area contributed by atoms with Crippen LogP contribution in [0.5, 0.6) is 0 Å². The predicted octanol–water partition coefficient (Wildman–Crippen LogP) is 16.5. The normalized spacial score (nSPS) is 9.81. The number of benzene rings is 5. The van der Waals surface area contributed by atoms with Gasteiger partial charge in [-0.1, -0.05) is 88.3 Å². The van der Waals surface area contributed by atoms with Crippen LogP contribution in [0.4, 0.5) is 37.3 Å². The van der Waals surface area contributed by atoms with Crippen LogP contribution >= 0.6 is 11.6 Å². The third kappa shape index (κ3) is 34.7. The number of aryl methyl sites for hydroxylation is 1. The highest BCUT2D eigenvalue weighted by molar-refractivity contribution is 6.30. The molecule has 6 N–H and O–H groups in total. The number of hydrogen-bond acceptors (Lipinski definition) is 8. The Morgan fingerprint density at radius 3 is 1.35 bits per heavy atom. The fourth-order valence-electron chi connectivity index (χ4n) is 5.39. The molecule has 69 heavy (non-hydrogen) atoms. The maximum absolute atomic E-state index is 12.9. The van der Waals surface area contributed by atoms with Gasteiger partial charge in [0, 0.05) is 71.1 Å². The summed E-state index contributed by atoms with van der Waals surface area (Å²) in [5, 5.41) is 28.6. The molecular weight excluding hydrogens is 882 g/mol. The molecule has 0 saturated heterocycles. The molecule has 0 bridgehead atoms. The monoisotopic (exact) mass is 967 g/mol. The number of nitrogens with one attached hydrogen (secondary N) is 6. The molecule has 6 aromatic rings. The second-order valence-electron chi connectivity index (χ2n) is 17.4. The number of nitrogens with zero attached hydrogens (tertiary/aromatic N) is 2. The minimum absolute atomic E-state index is 0. The lowest BCUT2D eigenvalue weighted by molar-refractivity contribution is 0.589. The number of rotatable bonds is 13. The van der Waals surface area contributed by atoms with Crippen LogP contribution in [-0.2, 0) is 6.54 Å². The number of nitriles is 1. The van der Waals surface area contributed by atoms with Crippen LogP contribution in [-0.4, -0.2) is 41.2 Å². The first-order valence-corrected chi connectivity index (χ1v) is 23.4. The van der Waals surface area contributed by atoms with Crippen LogP contribution in [0.1, 0.15) is 115 Å². The zero-order valence-electron chi connectivity index (χ0n) is 42.1. The summed E-state index contributed by atoms with van der Waals surface area (Å²) in [7, 11) is 0. The van der Waals surface area contributed by atoms with Gasteiger partial charge in [-0.25, -0.2) is 13.8 Å². The fourth-order valence-corrected chi connectivity index (χ4v) is 5.52. The summed E-state index contributed by atoms with van der Waals surface area (Å²) < 4.78 is 25.3. The zero-order chi connectivity index (χ0) is 50.1. The van der Waals surface area contributed by atoms with Crippen molar-refractivity contribution >= 4 is 40.2 Å². The lowest BCUT2D eigenvalue weighted by atomic mass is 10.1. The maximum Gasteiger partial charge on any atom is 0.146 e. The topological polar surface area (TPSA) is 109 Å². The van der Waals surface area contributed by atoms with Gasteiger partial charge < -0.3 is 31.9 Å². The number of anilines is 5. The minimum atomic E-state index is -0.195. The molecule has 0 amide bonds. The molecule has 1 aromatic heterocycles. The maximum atomic E-state index is 12.9. The minimum Gasteiger partial charge on any atom is -0.383 e. The summed E-state index contributed by atoms with van der Waals surface area (Å²) in [4.78, 5) is 4.11. The van der Waals surface area contributed by atoms with E-state index in [0.717, 1.165) is 28.8 Å². The lowest BCUT2D eigenvalue weighted by Gasteiger charge is -2.09. The van der Waals surface area contributed by atoms with Crippen molar-refractivity contribution in [2.45, 2.75) is 148 Å². The molecule has 0 atom stereocenters. The van der Waals surface area contributed by atoms with Gasteiger partial charge in [0.1, 0.15) is 17.5 Å². The highest BCUT2D eigenvalue weighted by atomic mass is 35.5. The van der Waals surface area contributed by atoms with Crippen LogP contribution in [0.15, 0.2) is 146 Å². The Hall–Kier alpha value is -6.15. The molecule has 0 radical (unpaired) electrons. The van der Waals surface area contributed by atoms with Gasteiger partial charge in [-0.3, -0.25) is 0 Å². The Kier molecular flexibility index (Phi) is 35.6. The van der Waals surface area contributed by atoms with Crippen LogP contribution in [0.2, 0.25) is 5.02 Å². The summed E-state index contributed by atoms with van der Waals surface area (Å²) in [5.74, 6) is 0.554. The van der Waals surface area contributed by atoms with E-state index in [1.165, 1.54) is 35.0 Å². The fraction of sp³-hybridized carbons (Fsp3) is 0.379. The molecule has 0 saturated carbocycles. The van der Waals surface area contributed by atoms with Crippen LogP contribution in [0.3, 0.4) is 0 Å². The third-order valence-electron chi connectivity index (χ3n) is 8.32. The second kappa shape index (κ2) is 37.8. The van der Waals surface area contributed by atoms with Gasteiger partial charge in [0.2, 0.25) is 0 Å². The van der Waals surface area contributed by atoms with Gasteiger partial charge in [-0.2, -0.15) is 5.26 Å². The molecule has 0 spiro atoms. The summed E-state index contributed by atoms with van der Waals surface area (Å²) in [6.07, 6.45) is 1.78. The average molecular weight is 968 g/mol. The number of pyridine rings is 1. The van der Waals surface area contributed by atoms with E-state index in [1.54, 1.807) is 30.5 Å². The van der Waals surface area contributed by atoms with E-state index >= 15 is 0 Å². The highest BCUT2D eigenvalue weighted by Crippen LogP contribution is 2.15. The predicted molar refractivity (Wildman–Crippen MR) is 300 cm³/mol. The summed E-state index contributed by atoms with van der Waals surface area (Å²) in [5.41, 5.74) is 7.08. The first kappa shape index (κ1) is 64.9. The molecule has 0 aliphatic carbocycles. The molecule has 0 aliphatic heterocycles. The van der Waals surface area contributed by atoms with Crippen molar-refractivity contribution in [3.8, 4) is 6.07 Å². The SMILES string of the molecule is C.C.CC(C)NCc1ccc(C#N)cc1.CC(C)Nc1ccc(Cl)cc1.CC(C)Nc1ccc(F)cc1.CC(C)Nc1ccccc1F.CC(C)Nc1ccccn1.Cc1ccc(NC(C)C)cc1. The quantitative estimate of drug-likeness (QED) is 0.0679. The Morgan fingerprint density at radius 2 is 0.942 bits per heavy atom. The Bertz CT molecular complexity index is 2050. The smallest absolute Gasteiger partial charge is 0.146 e. The van der Waals surface area contributed by atoms with E-state index in [9.17, 15) is 8.78 Å². The van der Waals surface area contributed by atoms with Crippen LogP contribution < -0.4 is 31.9 Å². The number of aromatic nitrogens is 1. The van der Waals surface area contributed by atoms with Crippen molar-refractivity contribution < 1.29 is 8.78 Å². The molecular formula is C58H85ClF2N8. The average Bonchev–Trinajstić information content (AvgIpc) is 3.27. The molecule has 8 nitrogen and oxygen atoms in total. The lowest BCUT2D eigenvalue weighted by Crippen LogP contribution is -2.21. The van der Waals surface area contributed by atoms with E-state index < -0.39 is 0 Å². The number of hydrogen-bond donors (Lipinski definition) is 6. The van der Waals surface area contributed by atoms with E-state index in [-0.39, 0.29) is 32.5 Å². The van der Waals surface area contributed by atoms with Gasteiger partial charge in [-0.15, -0.1) is 0 Å². The van der Waals surface area contributed by atoms with Crippen molar-refractivity contribution in [3.05, 3.63) is 179 Å². The Labute approximate surface area is 422 Å². The number of para-hydroxylation sites is 1. The second-order valence-corrected chi connectivity index (χ2v) is 17.9. The molecule has 378 valence electrons. The molecule has 0 unspecified atom stereocenters. The van der Waals surface area contributed by atoms with Crippen LogP contribution in [0.25, 0.3) is 0 Å². The van der Waals surface area contributed by atoms with Gasteiger partial charge in [0.05, 0.1) is 17.3 Å². The molecule has 0 aliphatic rings. The Morgan fingerprint density at radius 1 is 0.507 bits per heavy atom. The Balaban J connectivity index is 0. The van der Waals surface area contributed by atoms with Crippen molar-refractivity contribution in [2.75, 3.05) is 26.6 Å².